The molecule has 20 heavy (non-hydrogen) atoms. The average molecular weight is 284 g/mol. The number of amides is 1. The number of nitrogens with zero attached hydrogens (tertiary/aromatic N) is 1. The quantitative estimate of drug-likeness (QED) is 0.890. The number of hydrogen-bond donors (Lipinski definition) is 2. The largest absolute Gasteiger partial charge is 0.396 e. The van der Waals surface area contributed by atoms with Crippen molar-refractivity contribution in [2.24, 2.45) is 5.92 Å². The van der Waals surface area contributed by atoms with Gasteiger partial charge in [-0.05, 0) is 30.9 Å². The maximum atomic E-state index is 13.7. The second-order valence-corrected chi connectivity index (χ2v) is 5.01. The maximum Gasteiger partial charge on any atom is 0.254 e. The van der Waals surface area contributed by atoms with Crippen LogP contribution in [0.5, 0.6) is 0 Å². The van der Waals surface area contributed by atoms with Crippen LogP contribution in [0.25, 0.3) is 0 Å². The Bertz CT molecular complexity index is 485. The van der Waals surface area contributed by atoms with E-state index in [0.717, 1.165) is 25.0 Å². The number of likely N-dealkylation sites (tertiary alicyclic amines) is 1. The second-order valence-electron chi connectivity index (χ2n) is 5.01. The topological polar surface area (TPSA) is 52.6 Å². The molecule has 1 heterocycles. The van der Waals surface area contributed by atoms with E-state index in [9.17, 15) is 13.6 Å². The number of carbonyl (C=O) groups excluding carboxylic acids is 1. The van der Waals surface area contributed by atoms with Crippen LogP contribution in [0.1, 0.15) is 23.2 Å². The lowest BCUT2D eigenvalue weighted by atomic mass is 9.98. The average Bonchev–Trinajstić information content (AvgIpc) is 2.46. The first-order chi connectivity index (χ1) is 9.56. The van der Waals surface area contributed by atoms with Gasteiger partial charge in [-0.1, -0.05) is 0 Å². The van der Waals surface area contributed by atoms with Crippen LogP contribution in [0.4, 0.5) is 14.5 Å². The zero-order valence-electron chi connectivity index (χ0n) is 11.3. The number of rotatable bonds is 3. The van der Waals surface area contributed by atoms with E-state index in [1.807, 2.05) is 0 Å². The van der Waals surface area contributed by atoms with Gasteiger partial charge >= 0.3 is 0 Å². The highest BCUT2D eigenvalue weighted by Gasteiger charge is 2.25. The molecule has 0 aromatic heterocycles. The Kier molecular flexibility index (Phi) is 4.54. The Morgan fingerprint density at radius 3 is 2.65 bits per heavy atom. The van der Waals surface area contributed by atoms with Crippen LogP contribution in [-0.2, 0) is 0 Å². The smallest absolute Gasteiger partial charge is 0.254 e. The highest BCUT2D eigenvalue weighted by Crippen LogP contribution is 2.23. The minimum absolute atomic E-state index is 0.00223. The number of benzene rings is 1. The summed E-state index contributed by atoms with van der Waals surface area (Å²) < 4.78 is 27.3. The van der Waals surface area contributed by atoms with Crippen LogP contribution in [0, 0.1) is 17.6 Å². The molecule has 1 amide bonds. The van der Waals surface area contributed by atoms with Gasteiger partial charge in [0.1, 0.15) is 17.3 Å². The van der Waals surface area contributed by atoms with Crippen molar-refractivity contribution in [1.29, 1.82) is 0 Å². The predicted molar refractivity (Wildman–Crippen MR) is 71.6 cm³/mol. The molecule has 1 fully saturated rings. The highest BCUT2D eigenvalue weighted by molar-refractivity contribution is 5.94. The standard InChI is InChI=1S/C14H18F2N2O2/c1-17-13-11(15)5-10(6-12(13)16)14(20)18-4-2-3-9(7-18)8-19/h5-6,9,17,19H,2-4,7-8H2,1H3. The molecule has 1 aliphatic rings. The van der Waals surface area contributed by atoms with Gasteiger partial charge in [-0.25, -0.2) is 8.78 Å². The summed E-state index contributed by atoms with van der Waals surface area (Å²) in [5, 5.41) is 11.6. The summed E-state index contributed by atoms with van der Waals surface area (Å²) in [5.74, 6) is -1.93. The Labute approximate surface area is 116 Å². The van der Waals surface area contributed by atoms with Crippen molar-refractivity contribution in [2.45, 2.75) is 12.8 Å². The molecule has 1 unspecified atom stereocenters. The second kappa shape index (κ2) is 6.17. The zero-order chi connectivity index (χ0) is 14.7. The van der Waals surface area contributed by atoms with Crippen molar-refractivity contribution >= 4 is 11.6 Å². The number of nitrogens with one attached hydrogen (secondary N) is 1. The lowest BCUT2D eigenvalue weighted by molar-refractivity contribution is 0.0620. The van der Waals surface area contributed by atoms with Crippen molar-refractivity contribution in [1.82, 2.24) is 4.90 Å². The first kappa shape index (κ1) is 14.7. The number of halogens is 2. The van der Waals surface area contributed by atoms with Crippen molar-refractivity contribution < 1.29 is 18.7 Å². The molecule has 6 heteroatoms. The van der Waals surface area contributed by atoms with Crippen LogP contribution in [-0.4, -0.2) is 42.7 Å². The lowest BCUT2D eigenvalue weighted by Gasteiger charge is -2.32. The van der Waals surface area contributed by atoms with Gasteiger partial charge in [0, 0.05) is 32.3 Å². The Morgan fingerprint density at radius 1 is 1.45 bits per heavy atom. The third kappa shape index (κ3) is 2.90. The van der Waals surface area contributed by atoms with Gasteiger partial charge in [-0.2, -0.15) is 0 Å². The van der Waals surface area contributed by atoms with E-state index in [1.54, 1.807) is 0 Å². The molecule has 0 bridgehead atoms. The first-order valence-electron chi connectivity index (χ1n) is 6.63. The molecule has 110 valence electrons. The highest BCUT2D eigenvalue weighted by atomic mass is 19.1. The molecule has 4 nitrogen and oxygen atoms in total. The number of aliphatic hydroxyl groups excluding tert-OH is 1. The molecular weight excluding hydrogens is 266 g/mol. The molecule has 0 aliphatic carbocycles. The fraction of sp³-hybridized carbons (Fsp3) is 0.500. The molecule has 2 N–H and O–H groups in total. The van der Waals surface area contributed by atoms with Crippen LogP contribution < -0.4 is 5.32 Å². The number of hydrogen-bond acceptors (Lipinski definition) is 3. The van der Waals surface area contributed by atoms with Gasteiger partial charge in [-0.15, -0.1) is 0 Å². The fourth-order valence-corrected chi connectivity index (χ4v) is 2.52. The molecule has 1 aromatic rings. The molecule has 1 atom stereocenters. The minimum atomic E-state index is -0.786. The van der Waals surface area contributed by atoms with Crippen molar-refractivity contribution in [3.63, 3.8) is 0 Å². The summed E-state index contributed by atoms with van der Waals surface area (Å²) in [6.45, 7) is 0.990. The van der Waals surface area contributed by atoms with E-state index in [-0.39, 0.29) is 23.8 Å². The van der Waals surface area contributed by atoms with E-state index in [2.05, 4.69) is 5.32 Å². The number of carbonyl (C=O) groups is 1. The Morgan fingerprint density at radius 2 is 2.10 bits per heavy atom. The van der Waals surface area contributed by atoms with E-state index in [0.29, 0.717) is 13.1 Å². The van der Waals surface area contributed by atoms with E-state index >= 15 is 0 Å². The number of piperidine rings is 1. The van der Waals surface area contributed by atoms with E-state index < -0.39 is 17.5 Å². The molecular formula is C14H18F2N2O2. The van der Waals surface area contributed by atoms with Gasteiger partial charge in [0.25, 0.3) is 5.91 Å². The minimum Gasteiger partial charge on any atom is -0.396 e. The fourth-order valence-electron chi connectivity index (χ4n) is 2.52. The normalized spacial score (nSPS) is 19.0. The van der Waals surface area contributed by atoms with E-state index in [4.69, 9.17) is 5.11 Å². The Balaban J connectivity index is 2.21. The predicted octanol–water partition coefficient (Wildman–Crippen LogP) is 1.85. The Hall–Kier alpha value is -1.69. The van der Waals surface area contributed by atoms with Gasteiger partial charge in [0.2, 0.25) is 0 Å². The summed E-state index contributed by atoms with van der Waals surface area (Å²) in [4.78, 5) is 13.8. The third-order valence-corrected chi connectivity index (χ3v) is 3.60. The van der Waals surface area contributed by atoms with Crippen LogP contribution in [0.3, 0.4) is 0 Å². The van der Waals surface area contributed by atoms with Gasteiger partial charge in [0.05, 0.1) is 0 Å². The molecule has 0 saturated carbocycles. The summed E-state index contributed by atoms with van der Waals surface area (Å²) >= 11 is 0. The van der Waals surface area contributed by atoms with Crippen LogP contribution in [0.15, 0.2) is 12.1 Å². The molecule has 2 rings (SSSR count). The zero-order valence-corrected chi connectivity index (χ0v) is 11.3. The number of anilines is 1. The van der Waals surface area contributed by atoms with Crippen molar-refractivity contribution in [3.8, 4) is 0 Å². The maximum absolute atomic E-state index is 13.7. The lowest BCUT2D eigenvalue weighted by Crippen LogP contribution is -2.41. The van der Waals surface area contributed by atoms with Crippen LogP contribution in [0.2, 0.25) is 0 Å². The monoisotopic (exact) mass is 284 g/mol. The van der Waals surface area contributed by atoms with E-state index in [1.165, 1.54) is 11.9 Å². The van der Waals surface area contributed by atoms with Gasteiger partial charge in [-0.3, -0.25) is 4.79 Å². The van der Waals surface area contributed by atoms with Crippen molar-refractivity contribution in [2.75, 3.05) is 32.1 Å². The molecule has 0 radical (unpaired) electrons. The number of aliphatic hydroxyl groups is 1. The third-order valence-electron chi connectivity index (χ3n) is 3.60. The summed E-state index contributed by atoms with van der Waals surface area (Å²) in [7, 11) is 1.42. The SMILES string of the molecule is CNc1c(F)cc(C(=O)N2CCCC(CO)C2)cc1F. The van der Waals surface area contributed by atoms with Crippen LogP contribution >= 0.6 is 0 Å². The summed E-state index contributed by atoms with van der Waals surface area (Å²) in [6, 6.07) is 2.08. The summed E-state index contributed by atoms with van der Waals surface area (Å²) in [6.07, 6.45) is 1.65. The first-order valence-corrected chi connectivity index (χ1v) is 6.63. The molecule has 0 spiro atoms. The van der Waals surface area contributed by atoms with Gasteiger partial charge < -0.3 is 15.3 Å². The summed E-state index contributed by atoms with van der Waals surface area (Å²) in [5.41, 5.74) is -0.244. The molecule has 1 aromatic carbocycles. The van der Waals surface area contributed by atoms with Crippen molar-refractivity contribution in [3.05, 3.63) is 29.3 Å². The van der Waals surface area contributed by atoms with Gasteiger partial charge in [0.15, 0.2) is 0 Å². The molecule has 1 aliphatic heterocycles. The molecule has 1 saturated heterocycles.